The summed E-state index contributed by atoms with van der Waals surface area (Å²) in [5.41, 5.74) is 10.4. The van der Waals surface area contributed by atoms with E-state index in [0.29, 0.717) is 5.56 Å². The van der Waals surface area contributed by atoms with Crippen molar-refractivity contribution in [2.24, 2.45) is 0 Å². The number of fused-ring (bicyclic) bond motifs is 9. The molecule has 0 saturated heterocycles. The zero-order valence-corrected chi connectivity index (χ0v) is 25.9. The van der Waals surface area contributed by atoms with Crippen LogP contribution in [0.5, 0.6) is 0 Å². The summed E-state index contributed by atoms with van der Waals surface area (Å²) < 4.78 is 11.3. The summed E-state index contributed by atoms with van der Waals surface area (Å²) in [5, 5.41) is 16.8. The van der Waals surface area contributed by atoms with Crippen molar-refractivity contribution in [3.63, 3.8) is 0 Å². The fraction of sp³-hybridized carbons (Fsp3) is 0. The molecule has 0 aliphatic rings. The maximum absolute atomic E-state index is 9.83. The summed E-state index contributed by atoms with van der Waals surface area (Å²) >= 11 is 1.84. The van der Waals surface area contributed by atoms with E-state index in [9.17, 15) is 5.26 Å². The zero-order valence-electron chi connectivity index (χ0n) is 25.1. The first-order chi connectivity index (χ1) is 23.3. The number of furan rings is 1. The summed E-state index contributed by atoms with van der Waals surface area (Å²) in [6, 6.07) is 53.5. The first kappa shape index (κ1) is 26.1. The van der Waals surface area contributed by atoms with Crippen LogP contribution in [0.1, 0.15) is 5.56 Å². The van der Waals surface area contributed by atoms with Gasteiger partial charge in [-0.25, -0.2) is 0 Å². The number of thiophene rings is 1. The smallest absolute Gasteiger partial charge is 0.143 e. The van der Waals surface area contributed by atoms with Gasteiger partial charge in [0.15, 0.2) is 0 Å². The molecule has 0 aliphatic heterocycles. The van der Waals surface area contributed by atoms with Crippen LogP contribution in [-0.2, 0) is 0 Å². The van der Waals surface area contributed by atoms with E-state index in [1.807, 2.05) is 35.6 Å². The third-order valence-corrected chi connectivity index (χ3v) is 10.7. The highest BCUT2D eigenvalue weighted by atomic mass is 32.1. The van der Waals surface area contributed by atoms with Crippen LogP contribution in [0.25, 0.3) is 91.9 Å². The molecule has 0 spiro atoms. The van der Waals surface area contributed by atoms with Gasteiger partial charge in [-0.2, -0.15) is 5.26 Å². The van der Waals surface area contributed by atoms with E-state index in [2.05, 4.69) is 132 Å². The lowest BCUT2D eigenvalue weighted by Crippen LogP contribution is -1.94. The third kappa shape index (κ3) is 3.72. The van der Waals surface area contributed by atoms with E-state index in [0.717, 1.165) is 55.2 Å². The Morgan fingerprint density at radius 3 is 2.15 bits per heavy atom. The van der Waals surface area contributed by atoms with E-state index in [1.54, 1.807) is 0 Å². The molecule has 218 valence electrons. The summed E-state index contributed by atoms with van der Waals surface area (Å²) in [7, 11) is 0. The van der Waals surface area contributed by atoms with Gasteiger partial charge < -0.3 is 8.98 Å². The Bertz CT molecular complexity index is 2920. The van der Waals surface area contributed by atoms with Crippen molar-refractivity contribution in [2.75, 3.05) is 0 Å². The fourth-order valence-electron chi connectivity index (χ4n) is 7.39. The second kappa shape index (κ2) is 9.92. The Balaban J connectivity index is 1.35. The molecule has 0 saturated carbocycles. The van der Waals surface area contributed by atoms with Crippen molar-refractivity contribution in [2.45, 2.75) is 0 Å². The van der Waals surface area contributed by atoms with Gasteiger partial charge in [0.05, 0.1) is 33.1 Å². The maximum atomic E-state index is 9.83. The molecule has 10 aromatic rings. The minimum Gasteiger partial charge on any atom is -0.455 e. The van der Waals surface area contributed by atoms with Gasteiger partial charge in [0.25, 0.3) is 0 Å². The largest absolute Gasteiger partial charge is 0.455 e. The number of rotatable bonds is 3. The van der Waals surface area contributed by atoms with Gasteiger partial charge in [0.2, 0.25) is 0 Å². The second-order valence-electron chi connectivity index (χ2n) is 12.0. The van der Waals surface area contributed by atoms with E-state index in [4.69, 9.17) is 4.42 Å². The predicted octanol–water partition coefficient (Wildman–Crippen LogP) is 12.3. The molecule has 0 atom stereocenters. The first-order valence-corrected chi connectivity index (χ1v) is 16.5. The molecule has 0 bridgehead atoms. The molecule has 0 fully saturated rings. The van der Waals surface area contributed by atoms with E-state index in [1.165, 1.54) is 36.7 Å². The number of hydrogen-bond acceptors (Lipinski definition) is 3. The SMILES string of the molecule is N#Cc1ccc2c3ccccc3n(-c3cccc4c3sc3c(-c5ccccc5)ccc(-c5cccc6c5oc5ccccc56)c34)c2c1. The Hall–Kier alpha value is -6.15. The molecule has 0 amide bonds. The fourth-order valence-corrected chi connectivity index (χ4v) is 8.76. The van der Waals surface area contributed by atoms with Gasteiger partial charge in [0, 0.05) is 42.6 Å². The molecule has 7 aromatic carbocycles. The molecular formula is C43H24N2OS. The van der Waals surface area contributed by atoms with Crippen molar-refractivity contribution < 1.29 is 4.42 Å². The van der Waals surface area contributed by atoms with Crippen molar-refractivity contribution >= 4 is 75.3 Å². The number of para-hydroxylation sites is 3. The number of nitrogens with zero attached hydrogens (tertiary/aromatic N) is 2. The highest BCUT2D eigenvalue weighted by molar-refractivity contribution is 7.27. The Morgan fingerprint density at radius 2 is 1.26 bits per heavy atom. The maximum Gasteiger partial charge on any atom is 0.143 e. The van der Waals surface area contributed by atoms with Gasteiger partial charge in [-0.1, -0.05) is 115 Å². The lowest BCUT2D eigenvalue weighted by molar-refractivity contribution is 0.670. The zero-order chi connectivity index (χ0) is 31.1. The van der Waals surface area contributed by atoms with Crippen LogP contribution >= 0.6 is 11.3 Å². The van der Waals surface area contributed by atoms with Gasteiger partial charge >= 0.3 is 0 Å². The van der Waals surface area contributed by atoms with E-state index < -0.39 is 0 Å². The third-order valence-electron chi connectivity index (χ3n) is 9.45. The summed E-state index contributed by atoms with van der Waals surface area (Å²) in [5.74, 6) is 0. The van der Waals surface area contributed by atoms with Crippen molar-refractivity contribution in [1.29, 1.82) is 5.26 Å². The molecule has 4 heteroatoms. The lowest BCUT2D eigenvalue weighted by Gasteiger charge is -2.11. The number of nitriles is 1. The van der Waals surface area contributed by atoms with Crippen LogP contribution in [0, 0.1) is 11.3 Å². The van der Waals surface area contributed by atoms with Gasteiger partial charge in [-0.3, -0.25) is 0 Å². The molecule has 0 N–H and O–H groups in total. The summed E-state index contributed by atoms with van der Waals surface area (Å²) in [6.45, 7) is 0. The van der Waals surface area contributed by atoms with Gasteiger partial charge in [0.1, 0.15) is 11.2 Å². The van der Waals surface area contributed by atoms with Crippen LogP contribution in [0.15, 0.2) is 150 Å². The minimum atomic E-state index is 0.651. The molecule has 3 heterocycles. The highest BCUT2D eigenvalue weighted by Gasteiger charge is 2.22. The van der Waals surface area contributed by atoms with Gasteiger partial charge in [-0.15, -0.1) is 11.3 Å². The molecule has 0 aliphatic carbocycles. The molecule has 3 nitrogen and oxygen atoms in total. The lowest BCUT2D eigenvalue weighted by atomic mass is 9.94. The van der Waals surface area contributed by atoms with Crippen molar-refractivity contribution in [3.8, 4) is 34.0 Å². The molecule has 3 aromatic heterocycles. The first-order valence-electron chi connectivity index (χ1n) is 15.7. The normalized spacial score (nSPS) is 11.8. The average molecular weight is 617 g/mol. The quantitative estimate of drug-likeness (QED) is 0.198. The monoisotopic (exact) mass is 616 g/mol. The molecule has 0 radical (unpaired) electrons. The van der Waals surface area contributed by atoms with Crippen LogP contribution in [0.3, 0.4) is 0 Å². The number of aromatic nitrogens is 1. The van der Waals surface area contributed by atoms with Crippen LogP contribution in [0.2, 0.25) is 0 Å². The summed E-state index contributed by atoms with van der Waals surface area (Å²) in [4.78, 5) is 0. The Labute approximate surface area is 273 Å². The second-order valence-corrected chi connectivity index (χ2v) is 13.0. The Kier molecular flexibility index (Phi) is 5.51. The van der Waals surface area contributed by atoms with Crippen molar-refractivity contribution in [3.05, 3.63) is 151 Å². The Morgan fingerprint density at radius 1 is 0.532 bits per heavy atom. The van der Waals surface area contributed by atoms with Gasteiger partial charge in [-0.05, 0) is 47.0 Å². The summed E-state index contributed by atoms with van der Waals surface area (Å²) in [6.07, 6.45) is 0. The van der Waals surface area contributed by atoms with Crippen LogP contribution < -0.4 is 0 Å². The molecule has 10 rings (SSSR count). The predicted molar refractivity (Wildman–Crippen MR) is 197 cm³/mol. The van der Waals surface area contributed by atoms with Crippen molar-refractivity contribution in [1.82, 2.24) is 4.57 Å². The highest BCUT2D eigenvalue weighted by Crippen LogP contribution is 2.49. The average Bonchev–Trinajstić information content (AvgIpc) is 3.81. The number of benzene rings is 7. The topological polar surface area (TPSA) is 41.9 Å². The molecule has 0 unspecified atom stereocenters. The minimum absolute atomic E-state index is 0.651. The van der Waals surface area contributed by atoms with Crippen LogP contribution in [-0.4, -0.2) is 4.57 Å². The molecular weight excluding hydrogens is 593 g/mol. The van der Waals surface area contributed by atoms with E-state index in [-0.39, 0.29) is 0 Å². The van der Waals surface area contributed by atoms with E-state index >= 15 is 0 Å². The number of hydrogen-bond donors (Lipinski definition) is 0. The van der Waals surface area contributed by atoms with Crippen LogP contribution in [0.4, 0.5) is 0 Å². The molecule has 47 heavy (non-hydrogen) atoms. The standard InChI is InChI=1S/C43H24N2OS/c44-25-26-20-21-30-29-12-4-6-17-36(29)45(38(30)24-26)37-18-9-16-35-40-32(23-22-28(43(40)47-42(35)37)27-10-2-1-3-11-27)34-15-8-14-33-31-13-5-7-19-39(31)46-41(33)34/h1-24H.